The van der Waals surface area contributed by atoms with Crippen LogP contribution in [0, 0.1) is 20.8 Å². The van der Waals surface area contributed by atoms with E-state index in [2.05, 4.69) is 30.3 Å². The van der Waals surface area contributed by atoms with E-state index in [1.165, 1.54) is 5.56 Å². The molecule has 114 valence electrons. The quantitative estimate of drug-likeness (QED) is 0.833. The molecule has 5 heteroatoms. The molecule has 21 heavy (non-hydrogen) atoms. The van der Waals surface area contributed by atoms with Crippen molar-refractivity contribution in [2.75, 3.05) is 20.3 Å². The molecule has 0 spiro atoms. The summed E-state index contributed by atoms with van der Waals surface area (Å²) in [6.45, 7) is 8.36. The molecule has 0 bridgehead atoms. The Morgan fingerprint density at radius 3 is 2.67 bits per heavy atom. The third-order valence-corrected chi connectivity index (χ3v) is 4.11. The highest BCUT2D eigenvalue weighted by atomic mass is 35.5. The van der Waals surface area contributed by atoms with Crippen LogP contribution in [-0.2, 0) is 11.3 Å². The first-order valence-electron chi connectivity index (χ1n) is 7.06. The Hall–Kier alpha value is -1.36. The number of aryl methyl sites for hydroxylation is 1. The highest BCUT2D eigenvalue weighted by molar-refractivity contribution is 6.31. The maximum absolute atomic E-state index is 6.38. The van der Waals surface area contributed by atoms with Crippen LogP contribution in [0.15, 0.2) is 18.2 Å². The molecule has 2 rings (SSSR count). The Morgan fingerprint density at radius 2 is 2.05 bits per heavy atom. The number of nitrogens with zero attached hydrogens (tertiary/aromatic N) is 2. The Morgan fingerprint density at radius 1 is 1.29 bits per heavy atom. The second-order valence-electron chi connectivity index (χ2n) is 5.11. The van der Waals surface area contributed by atoms with Gasteiger partial charge in [-0.2, -0.15) is 5.10 Å². The predicted octanol–water partition coefficient (Wildman–Crippen LogP) is 3.19. The zero-order valence-corrected chi connectivity index (χ0v) is 13.8. The minimum Gasteiger partial charge on any atom is -0.383 e. The topological polar surface area (TPSA) is 39.1 Å². The molecule has 2 aromatic rings. The third-order valence-electron chi connectivity index (χ3n) is 3.76. The van der Waals surface area contributed by atoms with Crippen molar-refractivity contribution in [3.63, 3.8) is 0 Å². The van der Waals surface area contributed by atoms with Crippen molar-refractivity contribution in [1.82, 2.24) is 15.1 Å². The minimum absolute atomic E-state index is 0.679. The van der Waals surface area contributed by atoms with Gasteiger partial charge in [0.1, 0.15) is 0 Å². The molecule has 1 heterocycles. The average Bonchev–Trinajstić information content (AvgIpc) is 2.72. The van der Waals surface area contributed by atoms with Crippen molar-refractivity contribution >= 4 is 11.6 Å². The van der Waals surface area contributed by atoms with Crippen LogP contribution in [-0.4, -0.2) is 30.0 Å². The molecule has 1 aromatic heterocycles. The van der Waals surface area contributed by atoms with Crippen LogP contribution in [0.4, 0.5) is 0 Å². The van der Waals surface area contributed by atoms with E-state index in [0.29, 0.717) is 13.2 Å². The van der Waals surface area contributed by atoms with Crippen LogP contribution >= 0.6 is 11.6 Å². The first-order valence-corrected chi connectivity index (χ1v) is 7.44. The molecule has 0 radical (unpaired) electrons. The summed E-state index contributed by atoms with van der Waals surface area (Å²) >= 11 is 6.38. The number of benzene rings is 1. The maximum Gasteiger partial charge on any atom is 0.0708 e. The fourth-order valence-electron chi connectivity index (χ4n) is 2.26. The third kappa shape index (κ3) is 3.46. The van der Waals surface area contributed by atoms with Crippen LogP contribution in [0.5, 0.6) is 0 Å². The fourth-order valence-corrected chi connectivity index (χ4v) is 2.50. The van der Waals surface area contributed by atoms with Gasteiger partial charge in [0.25, 0.3) is 0 Å². The molecule has 0 saturated heterocycles. The first-order chi connectivity index (χ1) is 10.1. The van der Waals surface area contributed by atoms with E-state index in [0.717, 1.165) is 34.2 Å². The van der Waals surface area contributed by atoms with Crippen molar-refractivity contribution < 1.29 is 4.74 Å². The number of methoxy groups -OCH3 is 1. The van der Waals surface area contributed by atoms with E-state index in [-0.39, 0.29) is 0 Å². The SMILES string of the molecule is COCCNCc1c(Cl)cccc1-n1nc(C)c(C)c1C. The lowest BCUT2D eigenvalue weighted by atomic mass is 10.1. The maximum atomic E-state index is 6.38. The lowest BCUT2D eigenvalue weighted by molar-refractivity contribution is 0.199. The summed E-state index contributed by atoms with van der Waals surface area (Å²) in [5, 5.41) is 8.73. The van der Waals surface area contributed by atoms with Crippen LogP contribution in [0.2, 0.25) is 5.02 Å². The first kappa shape index (κ1) is 16.0. The van der Waals surface area contributed by atoms with Crippen LogP contribution in [0.1, 0.15) is 22.5 Å². The minimum atomic E-state index is 0.679. The van der Waals surface area contributed by atoms with E-state index in [1.54, 1.807) is 7.11 Å². The Balaban J connectivity index is 2.34. The van der Waals surface area contributed by atoms with Gasteiger partial charge in [0.05, 0.1) is 18.0 Å². The molecule has 0 amide bonds. The molecule has 1 N–H and O–H groups in total. The van der Waals surface area contributed by atoms with Crippen molar-refractivity contribution in [1.29, 1.82) is 0 Å². The van der Waals surface area contributed by atoms with Crippen molar-refractivity contribution in [2.45, 2.75) is 27.3 Å². The fraction of sp³-hybridized carbons (Fsp3) is 0.438. The number of ether oxygens (including phenoxy) is 1. The molecule has 0 atom stereocenters. The van der Waals surface area contributed by atoms with Gasteiger partial charge in [0, 0.05) is 36.5 Å². The van der Waals surface area contributed by atoms with Crippen LogP contribution < -0.4 is 5.32 Å². The molecule has 0 saturated carbocycles. The van der Waals surface area contributed by atoms with E-state index in [1.807, 2.05) is 23.7 Å². The van der Waals surface area contributed by atoms with E-state index >= 15 is 0 Å². The highest BCUT2D eigenvalue weighted by Crippen LogP contribution is 2.25. The number of rotatable bonds is 6. The molecule has 1 aromatic carbocycles. The van der Waals surface area contributed by atoms with E-state index in [4.69, 9.17) is 16.3 Å². The van der Waals surface area contributed by atoms with Crippen molar-refractivity contribution in [3.8, 4) is 5.69 Å². The molecule has 0 aliphatic carbocycles. The molecule has 0 aliphatic rings. The van der Waals surface area contributed by atoms with Gasteiger partial charge in [0.15, 0.2) is 0 Å². The molecule has 0 fully saturated rings. The Kier molecular flexibility index (Phi) is 5.39. The zero-order chi connectivity index (χ0) is 15.4. The number of halogens is 1. The van der Waals surface area contributed by atoms with E-state index < -0.39 is 0 Å². The predicted molar refractivity (Wildman–Crippen MR) is 86.4 cm³/mol. The van der Waals surface area contributed by atoms with Gasteiger partial charge < -0.3 is 10.1 Å². The van der Waals surface area contributed by atoms with Gasteiger partial charge in [-0.25, -0.2) is 4.68 Å². The van der Waals surface area contributed by atoms with Gasteiger partial charge in [-0.05, 0) is 38.5 Å². The molecular weight excluding hydrogens is 286 g/mol. The number of hydrogen-bond acceptors (Lipinski definition) is 3. The second kappa shape index (κ2) is 7.07. The summed E-state index contributed by atoms with van der Waals surface area (Å²) in [6, 6.07) is 5.93. The summed E-state index contributed by atoms with van der Waals surface area (Å²) in [6.07, 6.45) is 0. The zero-order valence-electron chi connectivity index (χ0n) is 13.0. The molecule has 4 nitrogen and oxygen atoms in total. The van der Waals surface area contributed by atoms with Gasteiger partial charge in [-0.3, -0.25) is 0 Å². The molecular formula is C16H22ClN3O. The Labute approximate surface area is 131 Å². The second-order valence-corrected chi connectivity index (χ2v) is 5.52. The van der Waals surface area contributed by atoms with E-state index in [9.17, 15) is 0 Å². The Bertz CT molecular complexity index is 622. The van der Waals surface area contributed by atoms with Gasteiger partial charge >= 0.3 is 0 Å². The summed E-state index contributed by atoms with van der Waals surface area (Å²) < 4.78 is 7.03. The molecule has 0 unspecified atom stereocenters. The van der Waals surface area contributed by atoms with Gasteiger partial charge in [0.2, 0.25) is 0 Å². The lowest BCUT2D eigenvalue weighted by Gasteiger charge is -2.14. The van der Waals surface area contributed by atoms with Gasteiger partial charge in [-0.1, -0.05) is 17.7 Å². The molecule has 0 aliphatic heterocycles. The monoisotopic (exact) mass is 307 g/mol. The standard InChI is InChI=1S/C16H22ClN3O/c1-11-12(2)19-20(13(11)3)16-7-5-6-15(17)14(16)10-18-8-9-21-4/h5-7,18H,8-10H2,1-4H3. The lowest BCUT2D eigenvalue weighted by Crippen LogP contribution is -2.20. The van der Waals surface area contributed by atoms with Crippen LogP contribution in [0.25, 0.3) is 5.69 Å². The highest BCUT2D eigenvalue weighted by Gasteiger charge is 2.14. The summed E-state index contributed by atoms with van der Waals surface area (Å²) in [7, 11) is 1.70. The van der Waals surface area contributed by atoms with Gasteiger partial charge in [-0.15, -0.1) is 0 Å². The summed E-state index contributed by atoms with van der Waals surface area (Å²) in [5.41, 5.74) is 5.49. The summed E-state index contributed by atoms with van der Waals surface area (Å²) in [5.74, 6) is 0. The smallest absolute Gasteiger partial charge is 0.0708 e. The van der Waals surface area contributed by atoms with Crippen molar-refractivity contribution in [3.05, 3.63) is 45.7 Å². The van der Waals surface area contributed by atoms with Crippen molar-refractivity contribution in [2.24, 2.45) is 0 Å². The number of nitrogens with one attached hydrogen (secondary N) is 1. The largest absolute Gasteiger partial charge is 0.383 e. The summed E-state index contributed by atoms with van der Waals surface area (Å²) in [4.78, 5) is 0. The number of hydrogen-bond donors (Lipinski definition) is 1. The number of aromatic nitrogens is 2. The van der Waals surface area contributed by atoms with Crippen LogP contribution in [0.3, 0.4) is 0 Å². The normalized spacial score (nSPS) is 11.1. The average molecular weight is 308 g/mol.